The van der Waals surface area contributed by atoms with Gasteiger partial charge in [-0.1, -0.05) is 38.1 Å². The summed E-state index contributed by atoms with van der Waals surface area (Å²) >= 11 is 0. The van der Waals surface area contributed by atoms with Gasteiger partial charge in [-0.15, -0.1) is 0 Å². The zero-order valence-electron chi connectivity index (χ0n) is 19.5. The molecule has 2 aromatic rings. The number of pyridine rings is 1. The van der Waals surface area contributed by atoms with E-state index in [1.807, 2.05) is 0 Å². The number of hydrogen-bond donors (Lipinski definition) is 1. The molecule has 2 saturated heterocycles. The van der Waals surface area contributed by atoms with Crippen molar-refractivity contribution in [1.29, 1.82) is 0 Å². The first-order valence-corrected chi connectivity index (χ1v) is 12.3. The molecule has 2 N–H and O–H groups in total. The molecule has 1 atom stereocenters. The third-order valence-corrected chi connectivity index (χ3v) is 8.25. The van der Waals surface area contributed by atoms with Gasteiger partial charge < -0.3 is 10.6 Å². The normalized spacial score (nSPS) is 23.6. The van der Waals surface area contributed by atoms with E-state index < -0.39 is 0 Å². The fraction of sp³-hybridized carbons (Fsp3) is 0.556. The van der Waals surface area contributed by atoms with Crippen LogP contribution in [0.1, 0.15) is 85.8 Å². The van der Waals surface area contributed by atoms with Gasteiger partial charge in [0.15, 0.2) is 0 Å². The lowest BCUT2D eigenvalue weighted by atomic mass is 9.59. The van der Waals surface area contributed by atoms with Gasteiger partial charge in [-0.05, 0) is 79.7 Å². The van der Waals surface area contributed by atoms with E-state index in [0.29, 0.717) is 29.0 Å². The predicted octanol–water partition coefficient (Wildman–Crippen LogP) is 4.89. The first kappa shape index (κ1) is 21.4. The molecule has 5 rings (SSSR count). The lowest BCUT2D eigenvalue weighted by Crippen LogP contribution is -2.55. The Balaban J connectivity index is 1.24. The summed E-state index contributed by atoms with van der Waals surface area (Å²) in [7, 11) is 0. The van der Waals surface area contributed by atoms with E-state index in [1.165, 1.54) is 50.6 Å². The smallest absolute Gasteiger partial charge is 0.252 e. The van der Waals surface area contributed by atoms with Gasteiger partial charge in [0.2, 0.25) is 0 Å². The fourth-order valence-corrected chi connectivity index (χ4v) is 6.52. The lowest BCUT2D eigenvalue weighted by molar-refractivity contribution is -0.0228. The highest BCUT2D eigenvalue weighted by atomic mass is 16.1. The molecule has 32 heavy (non-hydrogen) atoms. The summed E-state index contributed by atoms with van der Waals surface area (Å²) in [5, 5.41) is 0. The maximum absolute atomic E-state index is 11.8. The number of amides is 1. The number of nitrogens with zero attached hydrogens (tertiary/aromatic N) is 3. The Labute approximate surface area is 192 Å². The molecule has 1 saturated carbocycles. The van der Waals surface area contributed by atoms with Crippen LogP contribution in [0.4, 0.5) is 5.82 Å². The summed E-state index contributed by atoms with van der Waals surface area (Å²) in [6.45, 7) is 7.79. The van der Waals surface area contributed by atoms with E-state index in [0.717, 1.165) is 18.9 Å². The molecule has 1 aromatic heterocycles. The maximum atomic E-state index is 11.8. The minimum atomic E-state index is -0.390. The molecule has 1 unspecified atom stereocenters. The van der Waals surface area contributed by atoms with Gasteiger partial charge in [0.1, 0.15) is 5.82 Å². The van der Waals surface area contributed by atoms with E-state index in [-0.39, 0.29) is 5.91 Å². The summed E-state index contributed by atoms with van der Waals surface area (Å²) in [5.74, 6) is 0.942. The Kier molecular flexibility index (Phi) is 5.70. The second-order valence-electron chi connectivity index (χ2n) is 10.5. The minimum absolute atomic E-state index is 0.390. The van der Waals surface area contributed by atoms with Crippen LogP contribution in [0.3, 0.4) is 0 Å². The van der Waals surface area contributed by atoms with Gasteiger partial charge in [-0.25, -0.2) is 4.98 Å². The second kappa shape index (κ2) is 8.51. The van der Waals surface area contributed by atoms with Crippen molar-refractivity contribution in [2.24, 2.45) is 11.1 Å². The molecule has 3 aliphatic rings. The molecule has 1 aliphatic carbocycles. The zero-order chi connectivity index (χ0) is 22.3. The van der Waals surface area contributed by atoms with Crippen LogP contribution in [0.25, 0.3) is 0 Å². The Hall–Kier alpha value is -2.40. The standard InChI is InChI=1S/C27H36N4O/c1-19(2)21-7-3-4-8-22(21)24-10-6-14-31(24)20-17-27(18-20)11-15-30(16-12-27)26-23(25(28)32)9-5-13-29-26/h3-5,7-9,13,19-20,24H,6,10-12,14-18H2,1-2H3,(H2,28,32). The molecule has 2 aliphatic heterocycles. The van der Waals surface area contributed by atoms with Crippen LogP contribution < -0.4 is 10.6 Å². The topological polar surface area (TPSA) is 62.5 Å². The second-order valence-corrected chi connectivity index (χ2v) is 10.5. The molecule has 0 bridgehead atoms. The van der Waals surface area contributed by atoms with Gasteiger partial charge in [0, 0.05) is 31.4 Å². The molecule has 0 radical (unpaired) electrons. The van der Waals surface area contributed by atoms with Crippen LogP contribution in [0.5, 0.6) is 0 Å². The van der Waals surface area contributed by atoms with Gasteiger partial charge in [-0.3, -0.25) is 9.69 Å². The molecule has 5 nitrogen and oxygen atoms in total. The molecule has 1 spiro atoms. The van der Waals surface area contributed by atoms with E-state index in [9.17, 15) is 4.79 Å². The van der Waals surface area contributed by atoms with Gasteiger partial charge in [0.25, 0.3) is 5.91 Å². The zero-order valence-corrected chi connectivity index (χ0v) is 19.5. The van der Waals surface area contributed by atoms with E-state index in [4.69, 9.17) is 5.73 Å². The number of carbonyl (C=O) groups is 1. The Bertz CT molecular complexity index is 971. The van der Waals surface area contributed by atoms with Crippen molar-refractivity contribution in [1.82, 2.24) is 9.88 Å². The van der Waals surface area contributed by atoms with Crippen molar-refractivity contribution in [3.63, 3.8) is 0 Å². The number of likely N-dealkylation sites (tertiary alicyclic amines) is 1. The van der Waals surface area contributed by atoms with E-state index in [2.05, 4.69) is 52.9 Å². The summed E-state index contributed by atoms with van der Waals surface area (Å²) in [6, 6.07) is 14.0. The maximum Gasteiger partial charge on any atom is 0.252 e. The van der Waals surface area contributed by atoms with Gasteiger partial charge >= 0.3 is 0 Å². The average molecular weight is 433 g/mol. The largest absolute Gasteiger partial charge is 0.365 e. The van der Waals surface area contributed by atoms with Crippen molar-refractivity contribution >= 4 is 11.7 Å². The molecule has 5 heteroatoms. The van der Waals surface area contributed by atoms with Crippen LogP contribution >= 0.6 is 0 Å². The van der Waals surface area contributed by atoms with Gasteiger partial charge in [-0.2, -0.15) is 0 Å². The highest BCUT2D eigenvalue weighted by molar-refractivity contribution is 5.97. The quantitative estimate of drug-likeness (QED) is 0.731. The Morgan fingerprint density at radius 3 is 2.56 bits per heavy atom. The highest BCUT2D eigenvalue weighted by Gasteiger charge is 2.50. The minimum Gasteiger partial charge on any atom is -0.365 e. The molecule has 3 heterocycles. The SMILES string of the molecule is CC(C)c1ccccc1C1CCCN1C1CC2(CCN(c3ncccc3C(N)=O)CC2)C1. The number of benzene rings is 1. The number of nitrogens with two attached hydrogens (primary N) is 1. The highest BCUT2D eigenvalue weighted by Crippen LogP contribution is 2.54. The van der Waals surface area contributed by atoms with Crippen LogP contribution in [0, 0.1) is 5.41 Å². The van der Waals surface area contributed by atoms with Crippen molar-refractivity contribution < 1.29 is 4.79 Å². The van der Waals surface area contributed by atoms with Crippen LogP contribution in [0.2, 0.25) is 0 Å². The number of piperidine rings is 1. The van der Waals surface area contributed by atoms with Crippen LogP contribution in [0.15, 0.2) is 42.6 Å². The van der Waals surface area contributed by atoms with Crippen molar-refractivity contribution in [2.75, 3.05) is 24.5 Å². The fourth-order valence-electron chi connectivity index (χ4n) is 6.52. The Morgan fingerprint density at radius 1 is 1.09 bits per heavy atom. The number of carbonyl (C=O) groups excluding carboxylic acids is 1. The van der Waals surface area contributed by atoms with Gasteiger partial charge in [0.05, 0.1) is 5.56 Å². The monoisotopic (exact) mass is 432 g/mol. The number of primary amides is 1. The lowest BCUT2D eigenvalue weighted by Gasteiger charge is -2.56. The average Bonchev–Trinajstić information content (AvgIpc) is 3.27. The first-order valence-electron chi connectivity index (χ1n) is 12.3. The molecule has 1 aromatic carbocycles. The van der Waals surface area contributed by atoms with Crippen molar-refractivity contribution in [2.45, 2.75) is 70.4 Å². The number of rotatable bonds is 5. The summed E-state index contributed by atoms with van der Waals surface area (Å²) in [6.07, 6.45) is 9.34. The molecule has 3 fully saturated rings. The third kappa shape index (κ3) is 3.81. The van der Waals surface area contributed by atoms with Crippen molar-refractivity contribution in [3.05, 3.63) is 59.3 Å². The Morgan fingerprint density at radius 2 is 1.84 bits per heavy atom. The van der Waals surface area contributed by atoms with Crippen LogP contribution in [-0.2, 0) is 0 Å². The molecule has 1 amide bonds. The molecular weight excluding hydrogens is 396 g/mol. The molecular formula is C27H36N4O. The number of aromatic nitrogens is 1. The third-order valence-electron chi connectivity index (χ3n) is 8.25. The van der Waals surface area contributed by atoms with Crippen molar-refractivity contribution in [3.8, 4) is 0 Å². The predicted molar refractivity (Wildman–Crippen MR) is 129 cm³/mol. The molecule has 170 valence electrons. The van der Waals surface area contributed by atoms with Crippen LogP contribution in [-0.4, -0.2) is 41.5 Å². The number of anilines is 1. The van der Waals surface area contributed by atoms with E-state index in [1.54, 1.807) is 23.9 Å². The summed E-state index contributed by atoms with van der Waals surface area (Å²) < 4.78 is 0. The summed E-state index contributed by atoms with van der Waals surface area (Å²) in [4.78, 5) is 21.4. The first-order chi connectivity index (χ1) is 15.5. The summed E-state index contributed by atoms with van der Waals surface area (Å²) in [5.41, 5.74) is 9.67. The van der Waals surface area contributed by atoms with E-state index >= 15 is 0 Å². The number of hydrogen-bond acceptors (Lipinski definition) is 4.